The van der Waals surface area contributed by atoms with Crippen molar-refractivity contribution in [3.63, 3.8) is 0 Å². The lowest BCUT2D eigenvalue weighted by molar-refractivity contribution is -0.120. The fraction of sp³-hybridized carbons (Fsp3) is 0.632. The van der Waals surface area contributed by atoms with Crippen LogP contribution in [0.5, 0.6) is 0 Å². The minimum Gasteiger partial charge on any atom is -0.461 e. The van der Waals surface area contributed by atoms with Gasteiger partial charge in [0, 0.05) is 13.1 Å². The van der Waals surface area contributed by atoms with Gasteiger partial charge in [-0.15, -0.1) is 10.2 Å². The summed E-state index contributed by atoms with van der Waals surface area (Å²) >= 11 is 1.41. The number of carbonyl (C=O) groups is 1. The lowest BCUT2D eigenvalue weighted by atomic mass is 9.69. The standard InChI is InChI=1S/C19H26N4O2S/c1-18(2)12-7-8-19(18,3)14(10-12)20-15(24)11-26-17-22-21-16(23(17)4)13-6-5-9-25-13/h5-6,9,12,14H,7-8,10-11H2,1-4H3,(H,20,24). The molecule has 2 saturated carbocycles. The first-order valence-electron chi connectivity index (χ1n) is 9.18. The molecule has 2 bridgehead atoms. The molecule has 2 fully saturated rings. The average Bonchev–Trinajstić information content (AvgIpc) is 3.31. The molecule has 2 aromatic rings. The topological polar surface area (TPSA) is 73.0 Å². The quantitative estimate of drug-likeness (QED) is 0.811. The number of thioether (sulfide) groups is 1. The van der Waals surface area contributed by atoms with Gasteiger partial charge < -0.3 is 14.3 Å². The molecule has 3 unspecified atom stereocenters. The Balaban J connectivity index is 1.37. The molecule has 6 nitrogen and oxygen atoms in total. The first-order chi connectivity index (χ1) is 12.3. The van der Waals surface area contributed by atoms with Gasteiger partial charge in [0.05, 0.1) is 12.0 Å². The smallest absolute Gasteiger partial charge is 0.230 e. The molecule has 2 aromatic heterocycles. The molecule has 4 rings (SSSR count). The van der Waals surface area contributed by atoms with Crippen LogP contribution in [0.3, 0.4) is 0 Å². The van der Waals surface area contributed by atoms with E-state index in [2.05, 4.69) is 36.3 Å². The van der Waals surface area contributed by atoms with E-state index in [-0.39, 0.29) is 17.4 Å². The van der Waals surface area contributed by atoms with Gasteiger partial charge in [-0.1, -0.05) is 32.5 Å². The van der Waals surface area contributed by atoms with E-state index in [9.17, 15) is 4.79 Å². The number of furan rings is 1. The number of nitrogens with zero attached hydrogens (tertiary/aromatic N) is 3. The summed E-state index contributed by atoms with van der Waals surface area (Å²) in [5.74, 6) is 2.49. The third-order valence-corrected chi connectivity index (χ3v) is 8.06. The maximum Gasteiger partial charge on any atom is 0.230 e. The maximum atomic E-state index is 12.5. The summed E-state index contributed by atoms with van der Waals surface area (Å²) in [6.45, 7) is 7.07. The van der Waals surface area contributed by atoms with Crippen molar-refractivity contribution in [2.45, 2.75) is 51.2 Å². The van der Waals surface area contributed by atoms with Crippen LogP contribution in [0.15, 0.2) is 28.0 Å². The van der Waals surface area contributed by atoms with Gasteiger partial charge in [-0.25, -0.2) is 0 Å². The third-order valence-electron chi connectivity index (χ3n) is 7.04. The van der Waals surface area contributed by atoms with Gasteiger partial charge in [-0.2, -0.15) is 0 Å². The highest BCUT2D eigenvalue weighted by atomic mass is 32.2. The van der Waals surface area contributed by atoms with E-state index in [1.807, 2.05) is 23.7 Å². The fourth-order valence-corrected chi connectivity index (χ4v) is 5.57. The predicted molar refractivity (Wildman–Crippen MR) is 101 cm³/mol. The summed E-state index contributed by atoms with van der Waals surface area (Å²) in [5.41, 5.74) is 0.509. The molecule has 140 valence electrons. The van der Waals surface area contributed by atoms with Crippen molar-refractivity contribution >= 4 is 17.7 Å². The van der Waals surface area contributed by atoms with Gasteiger partial charge in [0.2, 0.25) is 5.91 Å². The molecule has 0 radical (unpaired) electrons. The zero-order valence-corrected chi connectivity index (χ0v) is 16.6. The van der Waals surface area contributed by atoms with E-state index in [1.165, 1.54) is 24.6 Å². The molecule has 3 atom stereocenters. The van der Waals surface area contributed by atoms with Gasteiger partial charge in [0.15, 0.2) is 16.7 Å². The minimum atomic E-state index is 0.0760. The summed E-state index contributed by atoms with van der Waals surface area (Å²) in [6, 6.07) is 3.95. The Morgan fingerprint density at radius 3 is 2.85 bits per heavy atom. The van der Waals surface area contributed by atoms with Crippen LogP contribution >= 0.6 is 11.8 Å². The van der Waals surface area contributed by atoms with Gasteiger partial charge >= 0.3 is 0 Å². The SMILES string of the molecule is Cn1c(SCC(=O)NC2CC3CCC2(C)C3(C)C)nnc1-c1ccco1. The molecule has 2 aliphatic rings. The van der Waals surface area contributed by atoms with Crippen molar-refractivity contribution in [2.75, 3.05) is 5.75 Å². The Bertz CT molecular complexity index is 814. The molecule has 7 heteroatoms. The number of aromatic nitrogens is 3. The van der Waals surface area contributed by atoms with E-state index in [1.54, 1.807) is 6.26 Å². The highest BCUT2D eigenvalue weighted by molar-refractivity contribution is 7.99. The van der Waals surface area contributed by atoms with Gasteiger partial charge in [0.1, 0.15) is 0 Å². The Hall–Kier alpha value is -1.76. The average molecular weight is 375 g/mol. The normalized spacial score (nSPS) is 29.2. The van der Waals surface area contributed by atoms with Crippen LogP contribution in [0.1, 0.15) is 40.0 Å². The lowest BCUT2D eigenvalue weighted by Crippen LogP contribution is -2.47. The van der Waals surface area contributed by atoms with Gasteiger partial charge in [-0.05, 0) is 48.1 Å². The van der Waals surface area contributed by atoms with E-state index < -0.39 is 0 Å². The highest BCUT2D eigenvalue weighted by Crippen LogP contribution is 2.65. The van der Waals surface area contributed by atoms with E-state index >= 15 is 0 Å². The predicted octanol–water partition coefficient (Wildman–Crippen LogP) is 3.50. The first kappa shape index (κ1) is 17.6. The van der Waals surface area contributed by atoms with Crippen molar-refractivity contribution in [3.05, 3.63) is 18.4 Å². The van der Waals surface area contributed by atoms with Crippen molar-refractivity contribution in [1.82, 2.24) is 20.1 Å². The Morgan fingerprint density at radius 2 is 2.23 bits per heavy atom. The largest absolute Gasteiger partial charge is 0.461 e. The lowest BCUT2D eigenvalue weighted by Gasteiger charge is -2.39. The minimum absolute atomic E-state index is 0.0760. The summed E-state index contributed by atoms with van der Waals surface area (Å²) in [6.07, 6.45) is 5.21. The van der Waals surface area contributed by atoms with Crippen LogP contribution in [0.4, 0.5) is 0 Å². The molecule has 26 heavy (non-hydrogen) atoms. The van der Waals surface area contributed by atoms with Crippen molar-refractivity contribution < 1.29 is 9.21 Å². The molecule has 1 amide bonds. The summed E-state index contributed by atoms with van der Waals surface area (Å²) < 4.78 is 7.23. The second-order valence-electron chi connectivity index (χ2n) is 8.36. The third kappa shape index (κ3) is 2.59. The number of hydrogen-bond acceptors (Lipinski definition) is 5. The zero-order chi connectivity index (χ0) is 18.5. The van der Waals surface area contributed by atoms with E-state index in [4.69, 9.17) is 4.42 Å². The summed E-state index contributed by atoms with van der Waals surface area (Å²) in [4.78, 5) is 12.5. The highest BCUT2D eigenvalue weighted by Gasteiger charge is 2.61. The van der Waals surface area contributed by atoms with Crippen molar-refractivity contribution in [1.29, 1.82) is 0 Å². The summed E-state index contributed by atoms with van der Waals surface area (Å²) in [5, 5.41) is 12.4. The van der Waals surface area contributed by atoms with E-state index in [0.29, 0.717) is 27.9 Å². The Labute approximate surface area is 158 Å². The molecule has 2 aliphatic carbocycles. The van der Waals surface area contributed by atoms with Crippen molar-refractivity contribution in [3.8, 4) is 11.6 Å². The van der Waals surface area contributed by atoms with Crippen LogP contribution < -0.4 is 5.32 Å². The van der Waals surface area contributed by atoms with Crippen LogP contribution in [-0.2, 0) is 11.8 Å². The molecule has 0 spiro atoms. The van der Waals surface area contributed by atoms with E-state index in [0.717, 1.165) is 12.3 Å². The molecule has 1 N–H and O–H groups in total. The number of rotatable bonds is 5. The fourth-order valence-electron chi connectivity index (χ4n) is 4.85. The summed E-state index contributed by atoms with van der Waals surface area (Å²) in [7, 11) is 1.89. The van der Waals surface area contributed by atoms with Crippen LogP contribution in [0, 0.1) is 16.7 Å². The number of fused-ring (bicyclic) bond motifs is 2. The maximum absolute atomic E-state index is 12.5. The van der Waals surface area contributed by atoms with Crippen LogP contribution in [-0.4, -0.2) is 32.5 Å². The zero-order valence-electron chi connectivity index (χ0n) is 15.8. The number of nitrogens with one attached hydrogen (secondary N) is 1. The molecule has 2 heterocycles. The first-order valence-corrected chi connectivity index (χ1v) is 10.2. The monoisotopic (exact) mass is 374 g/mol. The number of amides is 1. The van der Waals surface area contributed by atoms with Crippen LogP contribution in [0.25, 0.3) is 11.6 Å². The number of hydrogen-bond donors (Lipinski definition) is 1. The molecular weight excluding hydrogens is 348 g/mol. The molecular formula is C19H26N4O2S. The molecule has 0 saturated heterocycles. The second-order valence-corrected chi connectivity index (χ2v) is 9.30. The van der Waals surface area contributed by atoms with Crippen molar-refractivity contribution in [2.24, 2.45) is 23.8 Å². The van der Waals surface area contributed by atoms with Gasteiger partial charge in [-0.3, -0.25) is 4.79 Å². The molecule has 0 aromatic carbocycles. The molecule has 0 aliphatic heterocycles. The Kier molecular flexibility index (Phi) is 4.17. The van der Waals surface area contributed by atoms with Crippen LogP contribution in [0.2, 0.25) is 0 Å². The number of carbonyl (C=O) groups excluding carboxylic acids is 1. The Morgan fingerprint density at radius 1 is 1.42 bits per heavy atom. The van der Waals surface area contributed by atoms with Gasteiger partial charge in [0.25, 0.3) is 0 Å². The second kappa shape index (κ2) is 6.15.